The lowest BCUT2D eigenvalue weighted by Gasteiger charge is -2.50. The molecule has 1 aromatic carbocycles. The molecule has 5 atom stereocenters. The van der Waals surface area contributed by atoms with Crippen LogP contribution < -0.4 is 0 Å². The quantitative estimate of drug-likeness (QED) is 0.677. The molecule has 144 valence electrons. The molecule has 2 saturated carbocycles. The van der Waals surface area contributed by atoms with Crippen LogP contribution in [0, 0.1) is 17.3 Å². The highest BCUT2D eigenvalue weighted by atomic mass is 28.2. The maximum absolute atomic E-state index is 10.4. The van der Waals surface area contributed by atoms with Gasteiger partial charge in [0.05, 0.1) is 6.10 Å². The van der Waals surface area contributed by atoms with Crippen molar-refractivity contribution in [3.63, 3.8) is 0 Å². The third-order valence-electron chi connectivity index (χ3n) is 7.74. The zero-order valence-electron chi connectivity index (χ0n) is 16.1. The van der Waals surface area contributed by atoms with E-state index in [4.69, 9.17) is 4.43 Å². The second kappa shape index (κ2) is 7.65. The van der Waals surface area contributed by atoms with E-state index in [0.29, 0.717) is 17.6 Å². The highest BCUT2D eigenvalue weighted by Gasteiger charge is 2.54. The van der Waals surface area contributed by atoms with Gasteiger partial charge in [-0.15, -0.1) is 0 Å². The summed E-state index contributed by atoms with van der Waals surface area (Å²) in [6, 6.07) is 7.37. The van der Waals surface area contributed by atoms with E-state index in [1.165, 1.54) is 49.3 Å². The van der Waals surface area contributed by atoms with Gasteiger partial charge in [0, 0.05) is 6.61 Å². The zero-order chi connectivity index (χ0) is 18.1. The van der Waals surface area contributed by atoms with Crippen molar-refractivity contribution in [1.29, 1.82) is 0 Å². The molecule has 0 spiro atoms. The summed E-state index contributed by atoms with van der Waals surface area (Å²) < 4.78 is 5.21. The molecule has 4 aliphatic rings. The van der Waals surface area contributed by atoms with E-state index in [0.717, 1.165) is 31.8 Å². The van der Waals surface area contributed by atoms with Crippen molar-refractivity contribution in [2.45, 2.75) is 76.4 Å². The molecule has 1 saturated heterocycles. The number of hydrogen-bond donors (Lipinski definition) is 2. The fourth-order valence-electron chi connectivity index (χ4n) is 6.23. The Balaban J connectivity index is 0.000000240. The number of aryl methyl sites for hydroxylation is 1. The van der Waals surface area contributed by atoms with Crippen molar-refractivity contribution >= 4 is 9.76 Å². The van der Waals surface area contributed by atoms with Crippen LogP contribution in [0.2, 0.25) is 6.04 Å². The Labute approximate surface area is 160 Å². The monoisotopic (exact) mass is 374 g/mol. The van der Waals surface area contributed by atoms with Gasteiger partial charge < -0.3 is 14.6 Å². The molecule has 0 aromatic heterocycles. The van der Waals surface area contributed by atoms with Gasteiger partial charge in [-0.05, 0) is 97.4 Å². The normalized spacial score (nSPS) is 39.3. The van der Waals surface area contributed by atoms with Crippen molar-refractivity contribution in [2.75, 3.05) is 6.61 Å². The van der Waals surface area contributed by atoms with Gasteiger partial charge in [-0.25, -0.2) is 0 Å². The summed E-state index contributed by atoms with van der Waals surface area (Å²) in [4.78, 5) is 0. The van der Waals surface area contributed by atoms with E-state index in [1.807, 2.05) is 12.1 Å². The molecule has 4 heteroatoms. The fourth-order valence-corrected chi connectivity index (χ4v) is 7.40. The van der Waals surface area contributed by atoms with Crippen LogP contribution >= 0.6 is 0 Å². The highest BCUT2D eigenvalue weighted by Crippen LogP contribution is 2.60. The molecule has 1 aromatic rings. The van der Waals surface area contributed by atoms with Crippen LogP contribution in [0.25, 0.3) is 0 Å². The average Bonchev–Trinajstić information content (AvgIpc) is 2.98. The predicted octanol–water partition coefficient (Wildman–Crippen LogP) is 3.91. The number of phenolic OH excluding ortho intramolecular Hbond substituents is 1. The molecule has 26 heavy (non-hydrogen) atoms. The van der Waals surface area contributed by atoms with Crippen LogP contribution in [-0.4, -0.2) is 32.7 Å². The molecule has 0 unspecified atom stereocenters. The third kappa shape index (κ3) is 3.36. The standard InChI is InChI=1S/C18H24O2.C4H10OSi/c1-18-9-8-14-13-5-3-12(19)10-11(13)2-4-15(14)16(18)6-7-17(18)20;1-2-4-6-5-3-1/h3,5,10,14-17,19-20H,2,4,6-9H2,1H3;1-4,6H2/t14-,15-,16+,17+,18+;/m1./s1. The molecule has 0 bridgehead atoms. The molecule has 1 heterocycles. The maximum Gasteiger partial charge on any atom is 0.161 e. The fraction of sp³-hybridized carbons (Fsp3) is 0.727. The lowest BCUT2D eigenvalue weighted by molar-refractivity contribution is -0.0226. The number of benzene rings is 1. The van der Waals surface area contributed by atoms with Crippen LogP contribution in [0.15, 0.2) is 18.2 Å². The highest BCUT2D eigenvalue weighted by molar-refractivity contribution is 6.27. The lowest BCUT2D eigenvalue weighted by Crippen LogP contribution is -2.43. The lowest BCUT2D eigenvalue weighted by atomic mass is 9.55. The molecule has 3 aliphatic carbocycles. The molecule has 5 rings (SSSR count). The molecular formula is C22H34O3Si. The average molecular weight is 375 g/mol. The van der Waals surface area contributed by atoms with Crippen LogP contribution in [0.5, 0.6) is 5.75 Å². The molecule has 1 aliphatic heterocycles. The Bertz CT molecular complexity index is 618. The van der Waals surface area contributed by atoms with Crippen LogP contribution in [0.4, 0.5) is 0 Å². The maximum atomic E-state index is 10.4. The first-order chi connectivity index (χ1) is 12.6. The Hall–Kier alpha value is -0.843. The number of aromatic hydroxyl groups is 1. The van der Waals surface area contributed by atoms with Crippen LogP contribution in [0.1, 0.15) is 68.9 Å². The minimum Gasteiger partial charge on any atom is -0.508 e. The van der Waals surface area contributed by atoms with Crippen LogP contribution in [-0.2, 0) is 10.8 Å². The van der Waals surface area contributed by atoms with E-state index >= 15 is 0 Å². The van der Waals surface area contributed by atoms with Gasteiger partial charge in [-0.2, -0.15) is 0 Å². The minimum atomic E-state index is -0.0883. The van der Waals surface area contributed by atoms with Crippen molar-refractivity contribution in [1.82, 2.24) is 0 Å². The predicted molar refractivity (Wildman–Crippen MR) is 107 cm³/mol. The molecule has 3 nitrogen and oxygen atoms in total. The molecular weight excluding hydrogens is 340 g/mol. The Kier molecular flexibility index (Phi) is 5.45. The van der Waals surface area contributed by atoms with E-state index in [1.54, 1.807) is 0 Å². The largest absolute Gasteiger partial charge is 0.508 e. The second-order valence-corrected chi connectivity index (χ2v) is 10.6. The van der Waals surface area contributed by atoms with Gasteiger partial charge in [0.25, 0.3) is 0 Å². The SMILES string of the molecule is C1CC[SiH2]OC1.C[C@]12CC[C@@H]3c4ccc(O)cc4CC[C@H]3[C@@H]1CC[C@@H]2O. The Morgan fingerprint density at radius 3 is 2.73 bits per heavy atom. The van der Waals surface area contributed by atoms with Gasteiger partial charge >= 0.3 is 0 Å². The molecule has 0 radical (unpaired) electrons. The van der Waals surface area contributed by atoms with Crippen molar-refractivity contribution in [3.8, 4) is 5.75 Å². The van der Waals surface area contributed by atoms with Gasteiger partial charge in [-0.3, -0.25) is 0 Å². The van der Waals surface area contributed by atoms with Crippen molar-refractivity contribution in [3.05, 3.63) is 29.3 Å². The number of hydrogen-bond acceptors (Lipinski definition) is 3. The van der Waals surface area contributed by atoms with Gasteiger partial charge in [0.2, 0.25) is 0 Å². The summed E-state index contributed by atoms with van der Waals surface area (Å²) in [5, 5.41) is 20.0. The zero-order valence-corrected chi connectivity index (χ0v) is 17.5. The number of aliphatic hydroxyl groups is 1. The minimum absolute atomic E-state index is 0.00849. The topological polar surface area (TPSA) is 49.7 Å². The van der Waals surface area contributed by atoms with E-state index in [9.17, 15) is 10.2 Å². The summed E-state index contributed by atoms with van der Waals surface area (Å²) in [6.45, 7) is 3.38. The summed E-state index contributed by atoms with van der Waals surface area (Å²) in [5.41, 5.74) is 2.99. The van der Waals surface area contributed by atoms with E-state index in [-0.39, 0.29) is 21.3 Å². The number of fused-ring (bicyclic) bond motifs is 5. The number of aliphatic hydroxyl groups excluding tert-OH is 1. The molecule has 0 amide bonds. The summed E-state index contributed by atoms with van der Waals surface area (Å²) >= 11 is 0. The summed E-state index contributed by atoms with van der Waals surface area (Å²) in [5.74, 6) is 2.49. The number of rotatable bonds is 0. The Morgan fingerprint density at radius 2 is 2.04 bits per heavy atom. The first kappa shape index (κ1) is 18.5. The number of phenols is 1. The smallest absolute Gasteiger partial charge is 0.161 e. The van der Waals surface area contributed by atoms with Crippen molar-refractivity contribution < 1.29 is 14.6 Å². The third-order valence-corrected chi connectivity index (χ3v) is 9.10. The van der Waals surface area contributed by atoms with Gasteiger partial charge in [0.15, 0.2) is 9.76 Å². The first-order valence-electron chi connectivity index (χ1n) is 10.7. The van der Waals surface area contributed by atoms with Crippen molar-refractivity contribution in [2.24, 2.45) is 17.3 Å². The van der Waals surface area contributed by atoms with Gasteiger partial charge in [0.1, 0.15) is 5.75 Å². The van der Waals surface area contributed by atoms with E-state index in [2.05, 4.69) is 13.0 Å². The molecule has 3 fully saturated rings. The van der Waals surface area contributed by atoms with Gasteiger partial charge in [-0.1, -0.05) is 19.4 Å². The van der Waals surface area contributed by atoms with E-state index < -0.39 is 0 Å². The summed E-state index contributed by atoms with van der Waals surface area (Å²) in [6.07, 6.45) is 9.53. The van der Waals surface area contributed by atoms with Crippen LogP contribution in [0.3, 0.4) is 0 Å². The Morgan fingerprint density at radius 1 is 1.15 bits per heavy atom. The molecule has 2 N–H and O–H groups in total. The first-order valence-corrected chi connectivity index (χ1v) is 12.2. The second-order valence-electron chi connectivity index (χ2n) is 9.11. The summed E-state index contributed by atoms with van der Waals surface area (Å²) in [7, 11) is 0.00849.